The summed E-state index contributed by atoms with van der Waals surface area (Å²) in [5.74, 6) is -0.210. The predicted molar refractivity (Wildman–Crippen MR) is 63.7 cm³/mol. The highest BCUT2D eigenvalue weighted by atomic mass is 16.5. The van der Waals surface area contributed by atoms with Gasteiger partial charge in [-0.2, -0.15) is 5.26 Å². The number of carbonyl (C=O) groups is 1. The summed E-state index contributed by atoms with van der Waals surface area (Å²) in [6.45, 7) is 2.80. The van der Waals surface area contributed by atoms with E-state index in [0.717, 1.165) is 24.2 Å². The fraction of sp³-hybridized carbons (Fsp3) is 0.385. The van der Waals surface area contributed by atoms with Crippen LogP contribution in [-0.2, 0) is 9.53 Å². The molecule has 1 saturated heterocycles. The Balaban J connectivity index is 2.29. The molecule has 2 rings (SSSR count). The average Bonchev–Trinajstić information content (AvgIpc) is 2.30. The number of methoxy groups -OCH3 is 1. The molecule has 1 fully saturated rings. The van der Waals surface area contributed by atoms with Gasteiger partial charge in [0.15, 0.2) is 0 Å². The average molecular weight is 230 g/mol. The first-order valence-corrected chi connectivity index (χ1v) is 5.52. The molecule has 4 heteroatoms. The van der Waals surface area contributed by atoms with Gasteiger partial charge in [0.1, 0.15) is 6.04 Å². The van der Waals surface area contributed by atoms with Crippen LogP contribution >= 0.6 is 0 Å². The standard InChI is InChI=1S/C13H14N2O2/c1-9-3-4-10(8-14)7-12(9)15-6-5-11(15)13(16)17-2/h3-4,7,11H,5-6H2,1-2H3. The largest absolute Gasteiger partial charge is 0.467 e. The monoisotopic (exact) mass is 230 g/mol. The summed E-state index contributed by atoms with van der Waals surface area (Å²) < 4.78 is 4.76. The minimum absolute atomic E-state index is 0.201. The summed E-state index contributed by atoms with van der Waals surface area (Å²) in [5.41, 5.74) is 2.63. The van der Waals surface area contributed by atoms with Crippen LogP contribution in [0.4, 0.5) is 5.69 Å². The van der Waals surface area contributed by atoms with Gasteiger partial charge in [0.25, 0.3) is 0 Å². The van der Waals surface area contributed by atoms with Gasteiger partial charge in [-0.05, 0) is 31.0 Å². The number of benzene rings is 1. The van der Waals surface area contributed by atoms with Crippen LogP contribution in [0.5, 0.6) is 0 Å². The third-order valence-corrected chi connectivity index (χ3v) is 3.14. The summed E-state index contributed by atoms with van der Waals surface area (Å²) in [7, 11) is 1.40. The van der Waals surface area contributed by atoms with Crippen molar-refractivity contribution >= 4 is 11.7 Å². The van der Waals surface area contributed by atoms with Gasteiger partial charge in [-0.1, -0.05) is 6.07 Å². The smallest absolute Gasteiger partial charge is 0.328 e. The van der Waals surface area contributed by atoms with Gasteiger partial charge in [0, 0.05) is 12.2 Å². The van der Waals surface area contributed by atoms with Crippen LogP contribution in [0.2, 0.25) is 0 Å². The van der Waals surface area contributed by atoms with Crippen LogP contribution in [0.3, 0.4) is 0 Å². The van der Waals surface area contributed by atoms with E-state index in [4.69, 9.17) is 10.00 Å². The molecule has 1 unspecified atom stereocenters. The summed E-state index contributed by atoms with van der Waals surface area (Å²) in [4.78, 5) is 13.5. The van der Waals surface area contributed by atoms with Crippen molar-refractivity contribution in [2.75, 3.05) is 18.6 Å². The van der Waals surface area contributed by atoms with Crippen molar-refractivity contribution in [3.05, 3.63) is 29.3 Å². The highest BCUT2D eigenvalue weighted by Gasteiger charge is 2.35. The number of hydrogen-bond acceptors (Lipinski definition) is 4. The number of nitrogens with zero attached hydrogens (tertiary/aromatic N) is 2. The summed E-state index contributed by atoms with van der Waals surface area (Å²) in [5, 5.41) is 8.89. The van der Waals surface area contributed by atoms with E-state index in [2.05, 4.69) is 6.07 Å². The van der Waals surface area contributed by atoms with Crippen LogP contribution in [-0.4, -0.2) is 25.7 Å². The predicted octanol–water partition coefficient (Wildman–Crippen LogP) is 1.62. The summed E-state index contributed by atoms with van der Waals surface area (Å²) >= 11 is 0. The van der Waals surface area contributed by atoms with E-state index in [1.165, 1.54) is 7.11 Å². The van der Waals surface area contributed by atoms with Gasteiger partial charge in [-0.25, -0.2) is 4.79 Å². The number of rotatable bonds is 2. The van der Waals surface area contributed by atoms with Crippen LogP contribution in [0.25, 0.3) is 0 Å². The number of nitriles is 1. The second kappa shape index (κ2) is 4.46. The fourth-order valence-corrected chi connectivity index (χ4v) is 2.05. The second-order valence-corrected chi connectivity index (χ2v) is 4.13. The van der Waals surface area contributed by atoms with Gasteiger partial charge in [-0.15, -0.1) is 0 Å². The van der Waals surface area contributed by atoms with E-state index in [1.807, 2.05) is 24.0 Å². The molecule has 88 valence electrons. The molecule has 0 bridgehead atoms. The van der Waals surface area contributed by atoms with E-state index in [-0.39, 0.29) is 12.0 Å². The van der Waals surface area contributed by atoms with Crippen LogP contribution in [0, 0.1) is 18.3 Å². The summed E-state index contributed by atoms with van der Waals surface area (Å²) in [6.07, 6.45) is 0.808. The Hall–Kier alpha value is -2.02. The Morgan fingerprint density at radius 3 is 2.88 bits per heavy atom. The molecular formula is C13H14N2O2. The lowest BCUT2D eigenvalue weighted by atomic mass is 9.99. The van der Waals surface area contributed by atoms with E-state index in [9.17, 15) is 4.79 Å². The van der Waals surface area contributed by atoms with E-state index in [1.54, 1.807) is 6.07 Å². The first-order valence-electron chi connectivity index (χ1n) is 5.52. The van der Waals surface area contributed by atoms with Crippen LogP contribution in [0.1, 0.15) is 17.5 Å². The first-order chi connectivity index (χ1) is 8.17. The van der Waals surface area contributed by atoms with E-state index < -0.39 is 0 Å². The van der Waals surface area contributed by atoms with Gasteiger partial charge < -0.3 is 9.64 Å². The molecule has 1 aromatic carbocycles. The highest BCUT2D eigenvalue weighted by Crippen LogP contribution is 2.30. The van der Waals surface area contributed by atoms with Gasteiger partial charge >= 0.3 is 5.97 Å². The Labute approximate surface area is 100 Å². The lowest BCUT2D eigenvalue weighted by molar-refractivity contribution is -0.143. The zero-order valence-corrected chi connectivity index (χ0v) is 9.93. The van der Waals surface area contributed by atoms with Crippen molar-refractivity contribution in [2.45, 2.75) is 19.4 Å². The fourth-order valence-electron chi connectivity index (χ4n) is 2.05. The number of esters is 1. The maximum Gasteiger partial charge on any atom is 0.328 e. The van der Waals surface area contributed by atoms with Crippen molar-refractivity contribution in [1.82, 2.24) is 0 Å². The Morgan fingerprint density at radius 1 is 1.59 bits per heavy atom. The molecule has 0 spiro atoms. The molecule has 4 nitrogen and oxygen atoms in total. The quantitative estimate of drug-likeness (QED) is 0.724. The Morgan fingerprint density at radius 2 is 2.35 bits per heavy atom. The molecule has 17 heavy (non-hydrogen) atoms. The number of carbonyl (C=O) groups excluding carboxylic acids is 1. The third kappa shape index (κ3) is 1.96. The number of aryl methyl sites for hydroxylation is 1. The molecule has 1 aliphatic rings. The van der Waals surface area contributed by atoms with Gasteiger partial charge in [0.05, 0.1) is 18.7 Å². The minimum atomic E-state index is -0.210. The molecule has 1 aliphatic heterocycles. The first kappa shape index (κ1) is 11.5. The van der Waals surface area contributed by atoms with Crippen molar-refractivity contribution in [3.8, 4) is 6.07 Å². The highest BCUT2D eigenvalue weighted by molar-refractivity contribution is 5.82. The van der Waals surface area contributed by atoms with Gasteiger partial charge in [-0.3, -0.25) is 0 Å². The molecule has 0 saturated carbocycles. The van der Waals surface area contributed by atoms with Crippen molar-refractivity contribution < 1.29 is 9.53 Å². The Kier molecular flexibility index (Phi) is 3.01. The molecule has 1 atom stereocenters. The van der Waals surface area contributed by atoms with Crippen molar-refractivity contribution in [3.63, 3.8) is 0 Å². The number of hydrogen-bond donors (Lipinski definition) is 0. The topological polar surface area (TPSA) is 53.3 Å². The van der Waals surface area contributed by atoms with Crippen molar-refractivity contribution in [2.24, 2.45) is 0 Å². The normalized spacial score (nSPS) is 18.2. The van der Waals surface area contributed by atoms with E-state index >= 15 is 0 Å². The lowest BCUT2D eigenvalue weighted by Crippen LogP contribution is -2.53. The SMILES string of the molecule is COC(=O)C1CCN1c1cc(C#N)ccc1C. The minimum Gasteiger partial charge on any atom is -0.467 e. The lowest BCUT2D eigenvalue weighted by Gasteiger charge is -2.41. The Bertz CT molecular complexity index is 491. The van der Waals surface area contributed by atoms with Crippen LogP contribution in [0.15, 0.2) is 18.2 Å². The zero-order chi connectivity index (χ0) is 12.4. The van der Waals surface area contributed by atoms with Crippen LogP contribution < -0.4 is 4.90 Å². The molecular weight excluding hydrogens is 216 g/mol. The molecule has 0 radical (unpaired) electrons. The molecule has 0 N–H and O–H groups in total. The number of ether oxygens (including phenoxy) is 1. The van der Waals surface area contributed by atoms with Gasteiger partial charge in [0.2, 0.25) is 0 Å². The molecule has 1 heterocycles. The molecule has 1 aromatic rings. The molecule has 0 aliphatic carbocycles. The number of anilines is 1. The third-order valence-electron chi connectivity index (χ3n) is 3.14. The van der Waals surface area contributed by atoms with E-state index in [0.29, 0.717) is 5.56 Å². The second-order valence-electron chi connectivity index (χ2n) is 4.13. The maximum atomic E-state index is 11.5. The zero-order valence-electron chi connectivity index (χ0n) is 9.93. The molecule has 0 amide bonds. The maximum absolute atomic E-state index is 11.5. The summed E-state index contributed by atoms with van der Waals surface area (Å²) in [6, 6.07) is 7.42. The van der Waals surface area contributed by atoms with Crippen molar-refractivity contribution in [1.29, 1.82) is 5.26 Å². The molecule has 0 aromatic heterocycles.